The third-order valence-electron chi connectivity index (χ3n) is 13.8. The summed E-state index contributed by atoms with van der Waals surface area (Å²) < 4.78 is 23.8. The van der Waals surface area contributed by atoms with Gasteiger partial charge in [0.15, 0.2) is 17.3 Å². The van der Waals surface area contributed by atoms with Crippen molar-refractivity contribution in [3.63, 3.8) is 0 Å². The van der Waals surface area contributed by atoms with E-state index in [1.807, 2.05) is 13.8 Å². The smallest absolute Gasteiger partial charge is 0.410 e. The van der Waals surface area contributed by atoms with Gasteiger partial charge in [0.2, 0.25) is 17.7 Å². The summed E-state index contributed by atoms with van der Waals surface area (Å²) in [5.74, 6) is -5.99. The lowest BCUT2D eigenvalue weighted by atomic mass is 10.1. The lowest BCUT2D eigenvalue weighted by Gasteiger charge is -2.31. The summed E-state index contributed by atoms with van der Waals surface area (Å²) in [5.41, 5.74) is 9.37. The minimum atomic E-state index is -1.33. The van der Waals surface area contributed by atoms with E-state index in [1.165, 1.54) is 47.5 Å². The first kappa shape index (κ1) is 62.5. The van der Waals surface area contributed by atoms with Crippen LogP contribution in [0.1, 0.15) is 94.6 Å². The minimum absolute atomic E-state index is 0.0128. The zero-order valence-corrected chi connectivity index (χ0v) is 48.3. The maximum absolute atomic E-state index is 16.8. The van der Waals surface area contributed by atoms with Crippen molar-refractivity contribution in [2.24, 2.45) is 5.73 Å². The molecule has 0 unspecified atom stereocenters. The number of benzene rings is 4. The van der Waals surface area contributed by atoms with Crippen molar-refractivity contribution in [2.45, 2.75) is 81.3 Å². The zero-order valence-electron chi connectivity index (χ0n) is 47.5. The van der Waals surface area contributed by atoms with Crippen LogP contribution in [0.15, 0.2) is 145 Å². The second kappa shape index (κ2) is 28.4. The molecule has 2 aliphatic rings. The van der Waals surface area contributed by atoms with Crippen molar-refractivity contribution >= 4 is 105 Å². The van der Waals surface area contributed by atoms with Gasteiger partial charge in [-0.05, 0) is 135 Å². The van der Waals surface area contributed by atoms with Crippen LogP contribution in [-0.4, -0.2) is 121 Å². The molecule has 8 rings (SSSR count). The van der Waals surface area contributed by atoms with E-state index >= 15 is 4.39 Å². The molecule has 1 fully saturated rings. The van der Waals surface area contributed by atoms with Crippen molar-refractivity contribution in [2.75, 3.05) is 40.9 Å². The molecule has 2 aromatic heterocycles. The predicted molar refractivity (Wildman–Crippen MR) is 322 cm³/mol. The molecule has 6 aromatic rings. The summed E-state index contributed by atoms with van der Waals surface area (Å²) in [5, 5.41) is 23.6. The van der Waals surface area contributed by atoms with Crippen LogP contribution in [-0.2, 0) is 35.3 Å². The number of hydrogen-bond donors (Lipinski definition) is 8. The Bertz CT molecular complexity index is 3700. The van der Waals surface area contributed by atoms with Crippen LogP contribution < -0.4 is 43.0 Å². The number of primary amides is 1. The molecular weight excluding hydrogens is 1140 g/mol. The average molecular weight is 1200 g/mol. The summed E-state index contributed by atoms with van der Waals surface area (Å²) in [6, 6.07) is 21.3. The fourth-order valence-electron chi connectivity index (χ4n) is 9.10. The Morgan fingerprint density at radius 1 is 0.793 bits per heavy atom. The topological polar surface area (TPSA) is 327 Å². The highest BCUT2D eigenvalue weighted by Crippen LogP contribution is 2.37. The number of aromatic nitrogens is 3. The van der Waals surface area contributed by atoms with E-state index in [9.17, 15) is 47.9 Å². The number of nitrogens with two attached hydrogens (primary N) is 1. The molecule has 0 aliphatic carbocycles. The molecule has 0 bridgehead atoms. The fraction of sp³-hybridized carbons (Fsp3) is 0.246. The molecule has 450 valence electrons. The molecule has 24 nitrogen and oxygen atoms in total. The molecule has 0 spiro atoms. The Labute approximate surface area is 502 Å². The number of amides is 11. The molecule has 11 amide bonds. The highest BCUT2D eigenvalue weighted by Gasteiger charge is 2.33. The van der Waals surface area contributed by atoms with E-state index in [4.69, 9.17) is 15.5 Å². The molecule has 9 N–H and O–H groups in total. The van der Waals surface area contributed by atoms with Crippen LogP contribution >= 0.6 is 11.8 Å². The Morgan fingerprint density at radius 3 is 2.06 bits per heavy atom. The molecule has 1 saturated heterocycles. The number of hydrogen-bond acceptors (Lipinski definition) is 15. The molecular formula is C61H62FN13O11S. The van der Waals surface area contributed by atoms with Gasteiger partial charge in [-0.3, -0.25) is 38.4 Å². The van der Waals surface area contributed by atoms with Crippen LogP contribution in [0, 0.1) is 5.82 Å². The number of nitrogens with one attached hydrogen (secondary N) is 7. The van der Waals surface area contributed by atoms with Crippen LogP contribution in [0.5, 0.6) is 0 Å². The Hall–Kier alpha value is -10.5. The van der Waals surface area contributed by atoms with Gasteiger partial charge in [-0.1, -0.05) is 57.0 Å². The summed E-state index contributed by atoms with van der Waals surface area (Å²) in [6.07, 6.45) is 5.43. The highest BCUT2D eigenvalue weighted by molar-refractivity contribution is 7.99. The van der Waals surface area contributed by atoms with Crippen LogP contribution in [0.25, 0.3) is 5.65 Å². The molecule has 0 saturated carbocycles. The monoisotopic (exact) mass is 1200 g/mol. The zero-order chi connectivity index (χ0) is 62.5. The molecule has 2 atom stereocenters. The number of anilines is 5. The van der Waals surface area contributed by atoms with E-state index in [-0.39, 0.29) is 70.6 Å². The summed E-state index contributed by atoms with van der Waals surface area (Å²) in [6.45, 7) is 13.4. The first-order valence-electron chi connectivity index (χ1n) is 27.4. The molecule has 26 heteroatoms. The van der Waals surface area contributed by atoms with Crippen molar-refractivity contribution in [3.8, 4) is 0 Å². The number of ether oxygens (including phenoxy) is 1. The Morgan fingerprint density at radius 2 is 1.41 bits per heavy atom. The van der Waals surface area contributed by atoms with Crippen molar-refractivity contribution in [3.05, 3.63) is 174 Å². The molecule has 2 aliphatic heterocycles. The second-order valence-corrected chi connectivity index (χ2v) is 21.8. The van der Waals surface area contributed by atoms with E-state index in [0.29, 0.717) is 70.4 Å². The van der Waals surface area contributed by atoms with Gasteiger partial charge in [-0.15, -0.1) is 0 Å². The Balaban J connectivity index is 0.836. The number of rotatable bonds is 23. The number of halogens is 1. The maximum Gasteiger partial charge on any atom is 0.410 e. The third kappa shape index (κ3) is 16.0. The van der Waals surface area contributed by atoms with Gasteiger partial charge < -0.3 is 52.6 Å². The van der Waals surface area contributed by atoms with Gasteiger partial charge in [0.05, 0.1) is 6.20 Å². The molecule has 87 heavy (non-hydrogen) atoms. The van der Waals surface area contributed by atoms with Gasteiger partial charge in [0.25, 0.3) is 29.5 Å². The van der Waals surface area contributed by atoms with Gasteiger partial charge in [0.1, 0.15) is 23.7 Å². The van der Waals surface area contributed by atoms with Crippen LogP contribution in [0.2, 0.25) is 0 Å². The van der Waals surface area contributed by atoms with Crippen LogP contribution in [0.4, 0.5) is 42.5 Å². The number of imide groups is 3. The first-order chi connectivity index (χ1) is 41.6. The quantitative estimate of drug-likeness (QED) is 0.0102. The summed E-state index contributed by atoms with van der Waals surface area (Å²) in [7, 11) is 0. The predicted octanol–water partition coefficient (Wildman–Crippen LogP) is 7.32. The number of fused-ring (bicyclic) bond motifs is 1. The van der Waals surface area contributed by atoms with Crippen molar-refractivity contribution in [1.29, 1.82) is 0 Å². The molecule has 4 aromatic carbocycles. The molecule has 0 radical (unpaired) electrons. The number of nitrogens with zero attached hydrogens (tertiary/aromatic N) is 5. The van der Waals surface area contributed by atoms with E-state index < -0.39 is 71.4 Å². The van der Waals surface area contributed by atoms with Crippen LogP contribution in [0.3, 0.4) is 0 Å². The number of carbonyl (C=O) groups is 10. The van der Waals surface area contributed by atoms with Gasteiger partial charge in [0, 0.05) is 82.0 Å². The lowest BCUT2D eigenvalue weighted by Crippen LogP contribution is -2.53. The number of likely N-dealkylation sites (tertiary alicyclic amines) is 1. The number of urea groups is 1. The van der Waals surface area contributed by atoms with Crippen molar-refractivity contribution < 1.29 is 57.1 Å². The first-order valence-corrected chi connectivity index (χ1v) is 28.3. The largest absolute Gasteiger partial charge is 0.445 e. The van der Waals surface area contributed by atoms with E-state index in [2.05, 4.69) is 55.5 Å². The molecule has 4 heterocycles. The number of carbonyl (C=O) groups excluding carboxylic acids is 10. The summed E-state index contributed by atoms with van der Waals surface area (Å²) >= 11 is 1.27. The maximum atomic E-state index is 16.8. The van der Waals surface area contributed by atoms with Gasteiger partial charge in [-0.25, -0.2) is 19.5 Å². The number of piperidine rings is 1. The average Bonchev–Trinajstić information content (AvgIpc) is 1.82. The van der Waals surface area contributed by atoms with Gasteiger partial charge >= 0.3 is 12.1 Å². The summed E-state index contributed by atoms with van der Waals surface area (Å²) in [4.78, 5) is 134. The van der Waals surface area contributed by atoms with Crippen molar-refractivity contribution in [1.82, 2.24) is 40.3 Å². The second-order valence-electron chi connectivity index (χ2n) is 20.5. The fourth-order valence-corrected chi connectivity index (χ4v) is 10.2. The minimum Gasteiger partial charge on any atom is -0.445 e. The number of thioether (sulfide) groups is 1. The van der Waals surface area contributed by atoms with Gasteiger partial charge in [-0.2, -0.15) is 14.0 Å². The van der Waals surface area contributed by atoms with E-state index in [0.717, 1.165) is 23.8 Å². The standard InChI is InChI=1S/C61H62FN13O11S/c1-6-47(76)66-40-22-18-38(19-23-40)54(79)69-43-10-7-9-42(31-43)67-53-50(62)58(72-52-45(34(2)3)32-65-75(52)53)87-44-26-29-73(30-27-44)61(85)86-33-36-12-20-41(21-13-36)68-56(81)46(11-8-28-64-60(63)84)70-57(82)51(35(4)5)71-55(80)37-14-16-39(17-15-37)59(83)74-48(77)24-25-49(74)78/h6-7,9-10,12-25,31-32,34,44,46,51,67H,1,4,8,11,26-30,33H2,2-3,5H3,(H,66,76)(H,68,81)(H,69,79)(H,70,82)(H,71,80)(H3,63,64,84)/t46-,51-/m0/s1. The normalized spacial score (nSPS) is 13.8. The highest BCUT2D eigenvalue weighted by atomic mass is 32.2. The lowest BCUT2D eigenvalue weighted by molar-refractivity contribution is -0.133. The Kier molecular flexibility index (Phi) is 20.4. The third-order valence-corrected chi connectivity index (χ3v) is 15.1. The van der Waals surface area contributed by atoms with E-state index in [1.54, 1.807) is 83.9 Å². The SMILES string of the molecule is C=CC(=O)Nc1ccc(C(=O)Nc2cccc(Nc3c(F)c(SC4CCN(C(=O)OCc5ccc(NC(=O)[C@H](CCCNC(N)=O)NC(=O)[C@@H](NC(=O)c6ccc(C(=O)N7C(=O)C=CC7=O)cc6)C(=C)C)cc5)CC4)nc4c(C(C)C)cnn34)c2)cc1.